The number of aromatic nitrogens is 1. The van der Waals surface area contributed by atoms with Crippen molar-refractivity contribution in [1.29, 1.82) is 0 Å². The molecule has 0 N–H and O–H groups in total. The lowest BCUT2D eigenvalue weighted by Crippen LogP contribution is -2.37. The molecule has 0 spiro atoms. The molecule has 0 saturated carbocycles. The summed E-state index contributed by atoms with van der Waals surface area (Å²) >= 11 is 0. The van der Waals surface area contributed by atoms with Crippen LogP contribution in [0.4, 0.5) is 26.3 Å². The smallest absolute Gasteiger partial charge is 0.430 e. The molecule has 0 aliphatic heterocycles. The van der Waals surface area contributed by atoms with E-state index in [2.05, 4.69) is 50.0 Å². The number of esters is 1. The highest BCUT2D eigenvalue weighted by Crippen LogP contribution is 2.12. The predicted molar refractivity (Wildman–Crippen MR) is 112 cm³/mol. The number of pyridine rings is 1. The van der Waals surface area contributed by atoms with Crippen LogP contribution in [0.5, 0.6) is 0 Å². The lowest BCUT2D eigenvalue weighted by atomic mass is 10.1. The summed E-state index contributed by atoms with van der Waals surface area (Å²) in [4.78, 5) is 28.9. The molecule has 0 saturated heterocycles. The van der Waals surface area contributed by atoms with Gasteiger partial charge in [0.2, 0.25) is 0 Å². The number of carbonyl (C=O) groups is 3. The molecule has 0 aliphatic carbocycles. The molecule has 0 atom stereocenters. The molecular formula is C23H26F6N2O6. The first-order valence-corrected chi connectivity index (χ1v) is 10.2. The van der Waals surface area contributed by atoms with E-state index >= 15 is 0 Å². The Morgan fingerprint density at radius 3 is 1.65 bits per heavy atom. The molecule has 0 unspecified atom stereocenters. The second kappa shape index (κ2) is 14.2. The molecular weight excluding hydrogens is 514 g/mol. The number of hydrogen-bond acceptors (Lipinski definition) is 6. The third kappa shape index (κ3) is 15.8. The fraction of sp³-hybridized carbons (Fsp3) is 0.391. The van der Waals surface area contributed by atoms with Gasteiger partial charge in [-0.3, -0.25) is 4.79 Å². The van der Waals surface area contributed by atoms with Gasteiger partial charge in [-0.25, -0.2) is 4.57 Å². The quantitative estimate of drug-likeness (QED) is 0.229. The van der Waals surface area contributed by atoms with Crippen LogP contribution < -0.4 is 14.8 Å². The maximum absolute atomic E-state index is 11.4. The van der Waals surface area contributed by atoms with Crippen molar-refractivity contribution in [2.24, 2.45) is 0 Å². The molecule has 206 valence electrons. The Morgan fingerprint density at radius 1 is 0.838 bits per heavy atom. The number of halogens is 6. The maximum atomic E-state index is 11.4. The van der Waals surface area contributed by atoms with Crippen LogP contribution in [-0.4, -0.2) is 63.0 Å². The number of carbonyl (C=O) groups excluding carboxylic acids is 3. The molecule has 0 fully saturated rings. The Bertz CT molecular complexity index is 1010. The van der Waals surface area contributed by atoms with E-state index in [1.807, 2.05) is 24.5 Å². The molecule has 0 aliphatic rings. The van der Waals surface area contributed by atoms with Crippen LogP contribution in [-0.2, 0) is 38.6 Å². The number of benzene rings is 1. The highest BCUT2D eigenvalue weighted by atomic mass is 19.4. The summed E-state index contributed by atoms with van der Waals surface area (Å²) in [7, 11) is 7.99. The Hall–Kier alpha value is -3.68. The zero-order chi connectivity index (χ0) is 29.0. The highest BCUT2D eigenvalue weighted by Gasteiger charge is 2.29. The number of rotatable bonds is 6. The number of methoxy groups -OCH3 is 1. The third-order valence-electron chi connectivity index (χ3n) is 4.00. The van der Waals surface area contributed by atoms with Crippen molar-refractivity contribution < 1.29 is 64.7 Å². The average molecular weight is 540 g/mol. The Labute approximate surface area is 208 Å². The largest absolute Gasteiger partial charge is 0.542 e. The van der Waals surface area contributed by atoms with Crippen molar-refractivity contribution in [2.45, 2.75) is 31.9 Å². The first-order valence-electron chi connectivity index (χ1n) is 10.2. The van der Waals surface area contributed by atoms with Gasteiger partial charge in [0.15, 0.2) is 18.9 Å². The van der Waals surface area contributed by atoms with Crippen LogP contribution in [0.1, 0.15) is 16.7 Å². The standard InChI is InChI=1S/C19H26N2O2.2C2HF3O2/c1-21(2,3)15-17-9-7-16(8-10-17)13-20-11-5-6-18(14-20)12-19(22)23-4;2*3-2(4,5)1(6)7/h5-11,14H,12-13,15H2,1-4H3;2*(H,6,7)/q+2;;/p-2. The zero-order valence-electron chi connectivity index (χ0n) is 20.4. The minimum Gasteiger partial charge on any atom is -0.542 e. The summed E-state index contributed by atoms with van der Waals surface area (Å²) in [6, 6.07) is 12.6. The molecule has 2 aromatic rings. The average Bonchev–Trinajstić information content (AvgIpc) is 2.74. The highest BCUT2D eigenvalue weighted by molar-refractivity contribution is 5.72. The van der Waals surface area contributed by atoms with E-state index < -0.39 is 24.3 Å². The second-order valence-corrected chi connectivity index (χ2v) is 8.47. The molecule has 37 heavy (non-hydrogen) atoms. The van der Waals surface area contributed by atoms with Gasteiger partial charge in [0.25, 0.3) is 0 Å². The predicted octanol–water partition coefficient (Wildman–Crippen LogP) is 0.541. The Kier molecular flexibility index (Phi) is 12.8. The van der Waals surface area contributed by atoms with Crippen molar-refractivity contribution in [2.75, 3.05) is 28.3 Å². The monoisotopic (exact) mass is 540 g/mol. The summed E-state index contributed by atoms with van der Waals surface area (Å²) < 4.78 is 70.8. The topological polar surface area (TPSA) is 110 Å². The van der Waals surface area contributed by atoms with Gasteiger partial charge in [-0.2, -0.15) is 26.3 Å². The van der Waals surface area contributed by atoms with Crippen molar-refractivity contribution in [3.63, 3.8) is 0 Å². The fourth-order valence-corrected chi connectivity index (χ4v) is 2.53. The molecule has 1 aromatic heterocycles. The van der Waals surface area contributed by atoms with Gasteiger partial charge in [0.05, 0.1) is 34.7 Å². The van der Waals surface area contributed by atoms with Gasteiger partial charge in [0.1, 0.15) is 18.5 Å². The summed E-state index contributed by atoms with van der Waals surface area (Å²) in [5, 5.41) is 17.6. The molecule has 0 amide bonds. The SMILES string of the molecule is COC(=O)Cc1ccc[n+](Cc2ccc(C[N+](C)(C)C)cc2)c1.O=C([O-])C(F)(F)F.O=C([O-])C(F)(F)F. The van der Waals surface area contributed by atoms with Crippen LogP contribution in [0.2, 0.25) is 0 Å². The van der Waals surface area contributed by atoms with E-state index in [0.717, 1.165) is 23.1 Å². The number of nitrogens with zero attached hydrogens (tertiary/aromatic N) is 2. The fourth-order valence-electron chi connectivity index (χ4n) is 2.53. The normalized spacial score (nSPS) is 11.3. The molecule has 1 aromatic carbocycles. The number of carboxylic acid groups (broad SMARTS) is 2. The van der Waals surface area contributed by atoms with Gasteiger partial charge in [-0.15, -0.1) is 0 Å². The minimum absolute atomic E-state index is 0.215. The van der Waals surface area contributed by atoms with Crippen LogP contribution >= 0.6 is 0 Å². The number of carboxylic acids is 2. The summed E-state index contributed by atoms with van der Waals surface area (Å²) in [5.74, 6) is -6.23. The van der Waals surface area contributed by atoms with E-state index in [-0.39, 0.29) is 5.97 Å². The van der Waals surface area contributed by atoms with Crippen molar-refractivity contribution in [1.82, 2.24) is 0 Å². The summed E-state index contributed by atoms with van der Waals surface area (Å²) in [5.41, 5.74) is 3.54. The molecule has 2 rings (SSSR count). The van der Waals surface area contributed by atoms with E-state index in [0.29, 0.717) is 6.42 Å². The van der Waals surface area contributed by atoms with Gasteiger partial charge < -0.3 is 29.0 Å². The van der Waals surface area contributed by atoms with E-state index in [1.54, 1.807) is 0 Å². The van der Waals surface area contributed by atoms with Crippen molar-refractivity contribution in [3.05, 3.63) is 65.5 Å². The Morgan fingerprint density at radius 2 is 1.27 bits per heavy atom. The van der Waals surface area contributed by atoms with Crippen LogP contribution in [0.25, 0.3) is 0 Å². The molecule has 0 radical (unpaired) electrons. The lowest BCUT2D eigenvalue weighted by molar-refractivity contribution is -0.884. The first-order chi connectivity index (χ1) is 16.7. The van der Waals surface area contributed by atoms with Crippen LogP contribution in [0.3, 0.4) is 0 Å². The van der Waals surface area contributed by atoms with Crippen LogP contribution in [0.15, 0.2) is 48.8 Å². The maximum Gasteiger partial charge on any atom is 0.430 e. The summed E-state index contributed by atoms with van der Waals surface area (Å²) in [6.45, 7) is 1.81. The van der Waals surface area contributed by atoms with Crippen LogP contribution in [0, 0.1) is 0 Å². The number of aliphatic carboxylic acids is 2. The molecule has 1 heterocycles. The van der Waals surface area contributed by atoms with Gasteiger partial charge in [-0.1, -0.05) is 24.3 Å². The first kappa shape index (κ1) is 33.3. The zero-order valence-corrected chi connectivity index (χ0v) is 20.4. The van der Waals surface area contributed by atoms with E-state index in [1.165, 1.54) is 18.2 Å². The minimum atomic E-state index is -5.19. The second-order valence-electron chi connectivity index (χ2n) is 8.47. The summed E-state index contributed by atoms with van der Waals surface area (Å²) in [6.07, 6.45) is -6.07. The van der Waals surface area contributed by atoms with Crippen molar-refractivity contribution >= 4 is 17.9 Å². The lowest BCUT2D eigenvalue weighted by Gasteiger charge is -2.23. The number of hydrogen-bond donors (Lipinski definition) is 0. The van der Waals surface area contributed by atoms with Gasteiger partial charge >= 0.3 is 18.3 Å². The number of alkyl halides is 6. The number of quaternary nitrogens is 1. The van der Waals surface area contributed by atoms with E-state index in [9.17, 15) is 31.1 Å². The molecule has 14 heteroatoms. The number of ether oxygens (including phenoxy) is 1. The molecule has 0 bridgehead atoms. The van der Waals surface area contributed by atoms with E-state index in [4.69, 9.17) is 24.5 Å². The Balaban J connectivity index is 0.000000761. The van der Waals surface area contributed by atoms with Gasteiger partial charge in [-0.05, 0) is 6.07 Å². The van der Waals surface area contributed by atoms with Gasteiger partial charge in [0, 0.05) is 22.8 Å². The third-order valence-corrected chi connectivity index (χ3v) is 4.00. The molecule has 8 nitrogen and oxygen atoms in total. The van der Waals surface area contributed by atoms with Crippen molar-refractivity contribution in [3.8, 4) is 0 Å².